The first kappa shape index (κ1) is 13.3. The maximum absolute atomic E-state index is 11.9. The molecule has 0 spiro atoms. The van der Waals surface area contributed by atoms with Crippen LogP contribution in [-0.4, -0.2) is 36.1 Å². The highest BCUT2D eigenvalue weighted by atomic mass is 19.4. The van der Waals surface area contributed by atoms with E-state index in [1.807, 2.05) is 0 Å². The standard InChI is InChI=1S/C10H17F3N2O/c1-15(6-5-10(11,12)13)8(16)7-9(14)3-2-4-9/h2-7,14H2,1H3. The van der Waals surface area contributed by atoms with Crippen LogP contribution in [0.2, 0.25) is 0 Å². The third kappa shape index (κ3) is 4.00. The van der Waals surface area contributed by atoms with E-state index in [0.717, 1.165) is 24.2 Å². The van der Waals surface area contributed by atoms with Crippen LogP contribution in [0.5, 0.6) is 0 Å². The Labute approximate surface area is 92.8 Å². The van der Waals surface area contributed by atoms with Gasteiger partial charge < -0.3 is 10.6 Å². The van der Waals surface area contributed by atoms with Crippen molar-refractivity contribution in [3.63, 3.8) is 0 Å². The van der Waals surface area contributed by atoms with E-state index in [-0.39, 0.29) is 18.9 Å². The van der Waals surface area contributed by atoms with E-state index in [1.165, 1.54) is 7.05 Å². The lowest BCUT2D eigenvalue weighted by Gasteiger charge is -2.38. The van der Waals surface area contributed by atoms with Crippen molar-refractivity contribution in [3.8, 4) is 0 Å². The molecule has 1 rings (SSSR count). The molecule has 16 heavy (non-hydrogen) atoms. The van der Waals surface area contributed by atoms with Crippen LogP contribution in [0.1, 0.15) is 32.1 Å². The first-order valence-corrected chi connectivity index (χ1v) is 5.31. The Balaban J connectivity index is 2.30. The molecule has 6 heteroatoms. The van der Waals surface area contributed by atoms with Gasteiger partial charge in [-0.2, -0.15) is 13.2 Å². The molecule has 94 valence electrons. The third-order valence-corrected chi connectivity index (χ3v) is 3.01. The number of carbonyl (C=O) groups is 1. The minimum atomic E-state index is -4.22. The van der Waals surface area contributed by atoms with Crippen molar-refractivity contribution in [2.24, 2.45) is 5.73 Å². The summed E-state index contributed by atoms with van der Waals surface area (Å²) in [6.45, 7) is -0.293. The van der Waals surface area contributed by atoms with E-state index in [9.17, 15) is 18.0 Å². The minimum Gasteiger partial charge on any atom is -0.345 e. The molecule has 1 aliphatic carbocycles. The van der Waals surface area contributed by atoms with Crippen LogP contribution >= 0.6 is 0 Å². The molecule has 0 heterocycles. The summed E-state index contributed by atoms with van der Waals surface area (Å²) in [5.41, 5.74) is 5.39. The van der Waals surface area contributed by atoms with Crippen molar-refractivity contribution in [1.29, 1.82) is 0 Å². The zero-order valence-corrected chi connectivity index (χ0v) is 9.31. The van der Waals surface area contributed by atoms with Gasteiger partial charge in [-0.15, -0.1) is 0 Å². The molecule has 0 radical (unpaired) electrons. The molecule has 0 unspecified atom stereocenters. The fourth-order valence-corrected chi connectivity index (χ4v) is 1.66. The van der Waals surface area contributed by atoms with Crippen LogP contribution in [0.25, 0.3) is 0 Å². The summed E-state index contributed by atoms with van der Waals surface area (Å²) in [4.78, 5) is 12.7. The van der Waals surface area contributed by atoms with E-state index in [2.05, 4.69) is 0 Å². The zero-order valence-electron chi connectivity index (χ0n) is 9.31. The molecule has 1 fully saturated rings. The smallest absolute Gasteiger partial charge is 0.345 e. The van der Waals surface area contributed by atoms with Gasteiger partial charge in [-0.05, 0) is 19.3 Å². The topological polar surface area (TPSA) is 46.3 Å². The normalized spacial score (nSPS) is 19.1. The number of amides is 1. The SMILES string of the molecule is CN(CCC(F)(F)F)C(=O)CC1(N)CCC1. The van der Waals surface area contributed by atoms with Gasteiger partial charge in [0.05, 0.1) is 6.42 Å². The molecule has 2 N–H and O–H groups in total. The second-order valence-corrected chi connectivity index (χ2v) is 4.57. The van der Waals surface area contributed by atoms with E-state index < -0.39 is 18.1 Å². The fraction of sp³-hybridized carbons (Fsp3) is 0.900. The zero-order chi connectivity index (χ0) is 12.4. The predicted octanol–water partition coefficient (Wildman–Crippen LogP) is 1.67. The van der Waals surface area contributed by atoms with Crippen molar-refractivity contribution in [3.05, 3.63) is 0 Å². The highest BCUT2D eigenvalue weighted by Crippen LogP contribution is 2.32. The molecule has 0 aromatic heterocycles. The Morgan fingerprint density at radius 1 is 1.44 bits per heavy atom. The largest absolute Gasteiger partial charge is 0.390 e. The average Bonchev–Trinajstić information content (AvgIpc) is 2.10. The number of nitrogens with two attached hydrogens (primary N) is 1. The van der Waals surface area contributed by atoms with Crippen molar-refractivity contribution in [2.45, 2.75) is 43.8 Å². The lowest BCUT2D eigenvalue weighted by Crippen LogP contribution is -2.50. The summed E-state index contributed by atoms with van der Waals surface area (Å²) < 4.78 is 35.8. The van der Waals surface area contributed by atoms with Crippen LogP contribution in [0.15, 0.2) is 0 Å². The summed E-state index contributed by atoms with van der Waals surface area (Å²) in [5, 5.41) is 0. The number of halogens is 3. The number of hydrogen-bond donors (Lipinski definition) is 1. The highest BCUT2D eigenvalue weighted by Gasteiger charge is 2.36. The predicted molar refractivity (Wildman–Crippen MR) is 53.7 cm³/mol. The Bertz CT molecular complexity index is 261. The van der Waals surface area contributed by atoms with E-state index in [4.69, 9.17) is 5.73 Å². The van der Waals surface area contributed by atoms with Crippen molar-refractivity contribution in [2.75, 3.05) is 13.6 Å². The lowest BCUT2D eigenvalue weighted by atomic mass is 9.75. The second-order valence-electron chi connectivity index (χ2n) is 4.57. The monoisotopic (exact) mass is 238 g/mol. The molecule has 0 aliphatic heterocycles. The Morgan fingerprint density at radius 2 is 2.00 bits per heavy atom. The molecule has 0 aromatic rings. The molecule has 1 aliphatic rings. The lowest BCUT2D eigenvalue weighted by molar-refractivity contribution is -0.144. The van der Waals surface area contributed by atoms with E-state index >= 15 is 0 Å². The minimum absolute atomic E-state index is 0.154. The fourth-order valence-electron chi connectivity index (χ4n) is 1.66. The number of alkyl halides is 3. The van der Waals surface area contributed by atoms with Crippen molar-refractivity contribution < 1.29 is 18.0 Å². The summed E-state index contributed by atoms with van der Waals surface area (Å²) >= 11 is 0. The molecule has 0 atom stereocenters. The Hall–Kier alpha value is -0.780. The highest BCUT2D eigenvalue weighted by molar-refractivity contribution is 5.77. The summed E-state index contributed by atoms with van der Waals surface area (Å²) in [6, 6.07) is 0. The maximum Gasteiger partial charge on any atom is 0.390 e. The van der Waals surface area contributed by atoms with Crippen LogP contribution in [0.3, 0.4) is 0 Å². The third-order valence-electron chi connectivity index (χ3n) is 3.01. The Morgan fingerprint density at radius 3 is 2.38 bits per heavy atom. The number of nitrogens with zero attached hydrogens (tertiary/aromatic N) is 1. The number of rotatable bonds is 4. The molecule has 3 nitrogen and oxygen atoms in total. The van der Waals surface area contributed by atoms with Crippen molar-refractivity contribution in [1.82, 2.24) is 4.90 Å². The molecular weight excluding hydrogens is 221 g/mol. The summed E-state index contributed by atoms with van der Waals surface area (Å²) in [7, 11) is 1.39. The quantitative estimate of drug-likeness (QED) is 0.809. The second kappa shape index (κ2) is 4.61. The van der Waals surface area contributed by atoms with Gasteiger partial charge >= 0.3 is 6.18 Å². The first-order chi connectivity index (χ1) is 7.22. The molecule has 0 aromatic carbocycles. The van der Waals surface area contributed by atoms with Crippen LogP contribution in [0.4, 0.5) is 13.2 Å². The number of hydrogen-bond acceptors (Lipinski definition) is 2. The van der Waals surface area contributed by atoms with Crippen LogP contribution in [-0.2, 0) is 4.79 Å². The summed E-state index contributed by atoms with van der Waals surface area (Å²) in [5.74, 6) is -0.300. The van der Waals surface area contributed by atoms with Gasteiger partial charge in [0.15, 0.2) is 0 Å². The molecule has 0 bridgehead atoms. The average molecular weight is 238 g/mol. The van der Waals surface area contributed by atoms with Gasteiger partial charge in [-0.3, -0.25) is 4.79 Å². The summed E-state index contributed by atoms with van der Waals surface area (Å²) in [6.07, 6.45) is -2.46. The van der Waals surface area contributed by atoms with E-state index in [0.29, 0.717) is 0 Å². The molecule has 0 saturated heterocycles. The molecule has 1 saturated carbocycles. The Kier molecular flexibility index (Phi) is 3.83. The van der Waals surface area contributed by atoms with Gasteiger partial charge in [0.1, 0.15) is 0 Å². The van der Waals surface area contributed by atoms with Crippen LogP contribution in [0, 0.1) is 0 Å². The van der Waals surface area contributed by atoms with Crippen LogP contribution < -0.4 is 5.73 Å². The molecule has 1 amide bonds. The van der Waals surface area contributed by atoms with Gasteiger partial charge in [0.25, 0.3) is 0 Å². The van der Waals surface area contributed by atoms with E-state index in [1.54, 1.807) is 0 Å². The van der Waals surface area contributed by atoms with Gasteiger partial charge in [0.2, 0.25) is 5.91 Å². The number of carbonyl (C=O) groups excluding carboxylic acids is 1. The van der Waals surface area contributed by atoms with Gasteiger partial charge in [-0.25, -0.2) is 0 Å². The van der Waals surface area contributed by atoms with Gasteiger partial charge in [0, 0.05) is 25.6 Å². The maximum atomic E-state index is 11.9. The molecular formula is C10H17F3N2O. The first-order valence-electron chi connectivity index (χ1n) is 5.31. The van der Waals surface area contributed by atoms with Gasteiger partial charge in [-0.1, -0.05) is 0 Å². The van der Waals surface area contributed by atoms with Crippen molar-refractivity contribution >= 4 is 5.91 Å².